The minimum absolute atomic E-state index is 0.0334. The molecular formula is C11H8F3N5O2. The molecule has 1 aromatic heterocycles. The lowest BCUT2D eigenvalue weighted by molar-refractivity contribution is -0.384. The molecular weight excluding hydrogens is 291 g/mol. The van der Waals surface area contributed by atoms with Crippen LogP contribution in [-0.4, -0.2) is 21.9 Å². The summed E-state index contributed by atoms with van der Waals surface area (Å²) in [5.74, 6) is -4.89. The SMILES string of the molecule is CNc1ncc([N+](=O)[O-])c(Nc2ccc(F)c(F)c2F)n1. The van der Waals surface area contributed by atoms with Gasteiger partial charge in [0.2, 0.25) is 11.8 Å². The molecule has 7 nitrogen and oxygen atoms in total. The van der Waals surface area contributed by atoms with E-state index in [9.17, 15) is 23.3 Å². The molecule has 2 aromatic rings. The van der Waals surface area contributed by atoms with Gasteiger partial charge in [-0.15, -0.1) is 0 Å². The summed E-state index contributed by atoms with van der Waals surface area (Å²) in [5, 5.41) is 15.6. The predicted molar refractivity (Wildman–Crippen MR) is 67.8 cm³/mol. The van der Waals surface area contributed by atoms with Crippen LogP contribution in [0.4, 0.5) is 36.3 Å². The summed E-state index contributed by atoms with van der Waals surface area (Å²) in [6.07, 6.45) is 0.902. The van der Waals surface area contributed by atoms with Crippen molar-refractivity contribution >= 4 is 23.1 Å². The average molecular weight is 299 g/mol. The molecule has 0 saturated heterocycles. The standard InChI is InChI=1S/C11H8F3N5O2/c1-15-11-16-4-7(19(20)21)10(18-11)17-6-3-2-5(12)8(13)9(6)14/h2-4H,1H3,(H2,15,16,17,18). The molecule has 1 heterocycles. The Morgan fingerprint density at radius 2 is 1.95 bits per heavy atom. The van der Waals surface area contributed by atoms with Crippen LogP contribution in [0.2, 0.25) is 0 Å². The van der Waals surface area contributed by atoms with Crippen molar-refractivity contribution in [2.24, 2.45) is 0 Å². The summed E-state index contributed by atoms with van der Waals surface area (Å²) in [5.41, 5.74) is -1.03. The van der Waals surface area contributed by atoms with Crippen LogP contribution in [0.1, 0.15) is 0 Å². The fourth-order valence-electron chi connectivity index (χ4n) is 1.47. The number of rotatable bonds is 4. The van der Waals surface area contributed by atoms with E-state index < -0.39 is 33.7 Å². The number of benzene rings is 1. The van der Waals surface area contributed by atoms with Crippen LogP contribution in [0.5, 0.6) is 0 Å². The molecule has 10 heteroatoms. The van der Waals surface area contributed by atoms with E-state index in [-0.39, 0.29) is 11.8 Å². The summed E-state index contributed by atoms with van der Waals surface area (Å²) >= 11 is 0. The van der Waals surface area contributed by atoms with Crippen molar-refractivity contribution < 1.29 is 18.1 Å². The monoisotopic (exact) mass is 299 g/mol. The van der Waals surface area contributed by atoms with Gasteiger partial charge >= 0.3 is 5.69 Å². The first-order valence-corrected chi connectivity index (χ1v) is 5.53. The summed E-state index contributed by atoms with van der Waals surface area (Å²) in [4.78, 5) is 17.4. The number of nitrogens with zero attached hydrogens (tertiary/aromatic N) is 3. The largest absolute Gasteiger partial charge is 0.357 e. The molecule has 0 aliphatic rings. The molecule has 2 N–H and O–H groups in total. The van der Waals surface area contributed by atoms with E-state index in [0.29, 0.717) is 6.07 Å². The molecule has 0 fully saturated rings. The first-order chi connectivity index (χ1) is 9.93. The molecule has 110 valence electrons. The maximum atomic E-state index is 13.6. The summed E-state index contributed by atoms with van der Waals surface area (Å²) in [6.45, 7) is 0. The normalized spacial score (nSPS) is 10.3. The highest BCUT2D eigenvalue weighted by Crippen LogP contribution is 2.28. The van der Waals surface area contributed by atoms with E-state index in [4.69, 9.17) is 0 Å². The van der Waals surface area contributed by atoms with Gasteiger partial charge in [-0.1, -0.05) is 0 Å². The van der Waals surface area contributed by atoms with Crippen LogP contribution in [-0.2, 0) is 0 Å². The Kier molecular flexibility index (Phi) is 3.87. The van der Waals surface area contributed by atoms with Gasteiger partial charge in [0.25, 0.3) is 0 Å². The van der Waals surface area contributed by atoms with Crippen molar-refractivity contribution in [2.45, 2.75) is 0 Å². The van der Waals surface area contributed by atoms with Crippen LogP contribution >= 0.6 is 0 Å². The zero-order valence-electron chi connectivity index (χ0n) is 10.5. The zero-order chi connectivity index (χ0) is 15.6. The molecule has 0 saturated carbocycles. The minimum atomic E-state index is -1.69. The topological polar surface area (TPSA) is 93.0 Å². The van der Waals surface area contributed by atoms with Gasteiger partial charge in [0, 0.05) is 7.05 Å². The third-order valence-electron chi connectivity index (χ3n) is 2.48. The van der Waals surface area contributed by atoms with E-state index in [1.54, 1.807) is 0 Å². The van der Waals surface area contributed by atoms with Crippen molar-refractivity contribution in [1.82, 2.24) is 9.97 Å². The number of hydrogen-bond acceptors (Lipinski definition) is 6. The van der Waals surface area contributed by atoms with E-state index in [1.807, 2.05) is 0 Å². The van der Waals surface area contributed by atoms with E-state index in [1.165, 1.54) is 7.05 Å². The smallest absolute Gasteiger partial charge is 0.329 e. The Morgan fingerprint density at radius 3 is 2.57 bits per heavy atom. The molecule has 1 aromatic carbocycles. The fraction of sp³-hybridized carbons (Fsp3) is 0.0909. The maximum absolute atomic E-state index is 13.6. The molecule has 0 unspecified atom stereocenters. The molecule has 2 rings (SSSR count). The van der Waals surface area contributed by atoms with Gasteiger partial charge < -0.3 is 10.6 Å². The van der Waals surface area contributed by atoms with E-state index in [0.717, 1.165) is 12.3 Å². The second-order valence-corrected chi connectivity index (χ2v) is 3.78. The van der Waals surface area contributed by atoms with Crippen LogP contribution in [0.15, 0.2) is 18.3 Å². The van der Waals surface area contributed by atoms with E-state index in [2.05, 4.69) is 20.6 Å². The number of aromatic nitrogens is 2. The lowest BCUT2D eigenvalue weighted by Gasteiger charge is -2.09. The Balaban J connectivity index is 2.48. The third-order valence-corrected chi connectivity index (χ3v) is 2.48. The number of halogens is 3. The van der Waals surface area contributed by atoms with Gasteiger partial charge in [-0.3, -0.25) is 10.1 Å². The quantitative estimate of drug-likeness (QED) is 0.512. The van der Waals surface area contributed by atoms with Crippen LogP contribution in [0.3, 0.4) is 0 Å². The molecule has 0 bridgehead atoms. The van der Waals surface area contributed by atoms with Crippen molar-refractivity contribution in [2.75, 3.05) is 17.7 Å². The van der Waals surface area contributed by atoms with Crippen molar-refractivity contribution in [3.8, 4) is 0 Å². The van der Waals surface area contributed by atoms with Crippen LogP contribution < -0.4 is 10.6 Å². The van der Waals surface area contributed by atoms with Crippen LogP contribution in [0, 0.1) is 27.6 Å². The highest BCUT2D eigenvalue weighted by molar-refractivity contribution is 5.66. The van der Waals surface area contributed by atoms with E-state index >= 15 is 0 Å². The van der Waals surface area contributed by atoms with Gasteiger partial charge in [-0.2, -0.15) is 4.98 Å². The Hall–Kier alpha value is -2.91. The van der Waals surface area contributed by atoms with Gasteiger partial charge in [0.15, 0.2) is 17.5 Å². The predicted octanol–water partition coefficient (Wildman–Crippen LogP) is 2.59. The molecule has 0 radical (unpaired) electrons. The highest BCUT2D eigenvalue weighted by Gasteiger charge is 2.20. The molecule has 0 aliphatic carbocycles. The van der Waals surface area contributed by atoms with Crippen molar-refractivity contribution in [1.29, 1.82) is 0 Å². The molecule has 21 heavy (non-hydrogen) atoms. The minimum Gasteiger partial charge on any atom is -0.357 e. The van der Waals surface area contributed by atoms with Crippen LogP contribution in [0.25, 0.3) is 0 Å². The Morgan fingerprint density at radius 1 is 1.24 bits per heavy atom. The summed E-state index contributed by atoms with van der Waals surface area (Å²) in [7, 11) is 1.48. The first-order valence-electron chi connectivity index (χ1n) is 5.53. The van der Waals surface area contributed by atoms with Gasteiger partial charge in [-0.25, -0.2) is 18.2 Å². The molecule has 0 atom stereocenters. The number of anilines is 3. The first kappa shape index (κ1) is 14.5. The fourth-order valence-corrected chi connectivity index (χ4v) is 1.47. The van der Waals surface area contributed by atoms with Gasteiger partial charge in [0.05, 0.1) is 10.6 Å². The Bertz CT molecular complexity index is 710. The zero-order valence-corrected chi connectivity index (χ0v) is 10.5. The lowest BCUT2D eigenvalue weighted by atomic mass is 10.2. The number of nitrogens with one attached hydrogen (secondary N) is 2. The molecule has 0 amide bonds. The van der Waals surface area contributed by atoms with Crippen molar-refractivity contribution in [3.05, 3.63) is 45.9 Å². The van der Waals surface area contributed by atoms with Crippen molar-refractivity contribution in [3.63, 3.8) is 0 Å². The van der Waals surface area contributed by atoms with Gasteiger partial charge in [-0.05, 0) is 12.1 Å². The number of nitro groups is 1. The molecule has 0 aliphatic heterocycles. The maximum Gasteiger partial charge on any atom is 0.329 e. The summed E-state index contributed by atoms with van der Waals surface area (Å²) in [6, 6.07) is 1.59. The average Bonchev–Trinajstić information content (AvgIpc) is 2.47. The molecule has 0 spiro atoms. The lowest BCUT2D eigenvalue weighted by Crippen LogP contribution is -2.06. The third kappa shape index (κ3) is 2.83. The number of hydrogen-bond donors (Lipinski definition) is 2. The second kappa shape index (κ2) is 5.61. The summed E-state index contributed by atoms with van der Waals surface area (Å²) < 4.78 is 39.5. The second-order valence-electron chi connectivity index (χ2n) is 3.78. The highest BCUT2D eigenvalue weighted by atomic mass is 19.2. The Labute approximate surface area is 116 Å². The van der Waals surface area contributed by atoms with Gasteiger partial charge in [0.1, 0.15) is 6.20 Å².